The first-order chi connectivity index (χ1) is 18.3. The topological polar surface area (TPSA) is 88.2 Å². The fourth-order valence-electron chi connectivity index (χ4n) is 4.25. The maximum Gasteiger partial charge on any atom is 0.256 e. The molecule has 9 heteroatoms. The first kappa shape index (κ1) is 30.8. The fraction of sp³-hybridized carbons (Fsp3) is 0.483. The van der Waals surface area contributed by atoms with Crippen molar-refractivity contribution in [3.8, 4) is 0 Å². The third-order valence-corrected chi connectivity index (χ3v) is 6.43. The molecule has 9 nitrogen and oxygen atoms in total. The normalized spacial score (nSPS) is 12.2. The van der Waals surface area contributed by atoms with Crippen LogP contribution in [-0.4, -0.2) is 80.0 Å². The van der Waals surface area contributed by atoms with Crippen molar-refractivity contribution < 1.29 is 14.4 Å². The number of hydrogen-bond donors (Lipinski definition) is 2. The number of nitrogens with zero attached hydrogens (tertiary/aromatic N) is 4. The smallest absolute Gasteiger partial charge is 0.256 e. The summed E-state index contributed by atoms with van der Waals surface area (Å²) in [6.07, 6.45) is 0.794. The minimum absolute atomic E-state index is 0.0665. The molecule has 0 atom stereocenters. The summed E-state index contributed by atoms with van der Waals surface area (Å²) in [7, 11) is 3.52. The molecule has 0 bridgehead atoms. The Balaban J connectivity index is 0.00000247. The van der Waals surface area contributed by atoms with Gasteiger partial charge in [-0.25, -0.2) is 5.01 Å². The molecule has 0 aromatic heterocycles. The van der Waals surface area contributed by atoms with E-state index in [1.807, 2.05) is 67.9 Å². The highest BCUT2D eigenvalue weighted by molar-refractivity contribution is 5.86. The Morgan fingerprint density at radius 2 is 1.66 bits per heavy atom. The molecule has 0 fully saturated rings. The molecule has 2 aromatic rings. The second kappa shape index (κ2) is 15.7. The largest absolute Gasteiger partial charge is 0.353 e. The van der Waals surface area contributed by atoms with Crippen LogP contribution in [0.1, 0.15) is 43.0 Å². The molecule has 3 rings (SSSR count). The van der Waals surface area contributed by atoms with Crippen LogP contribution < -0.4 is 15.5 Å². The number of carbonyl (C=O) groups excluding carboxylic acids is 3. The molecular weight excluding hydrogens is 480 g/mol. The average Bonchev–Trinajstić information content (AvgIpc) is 3.36. The zero-order valence-electron chi connectivity index (χ0n) is 23.8. The van der Waals surface area contributed by atoms with Crippen LogP contribution in [0.3, 0.4) is 0 Å². The number of fused-ring (bicyclic) bond motifs is 1. The van der Waals surface area contributed by atoms with Crippen LogP contribution in [-0.2, 0) is 34.0 Å². The van der Waals surface area contributed by atoms with Crippen molar-refractivity contribution in [3.63, 3.8) is 0 Å². The van der Waals surface area contributed by atoms with Crippen LogP contribution >= 0.6 is 0 Å². The SMILES string of the molecule is CC.CCNCCNC(=O)CN(CC(=O)N(C)N1Cc2ccccc2C1)c1ccc(CN(C)C=O)c(C)c1. The summed E-state index contributed by atoms with van der Waals surface area (Å²) < 4.78 is 0. The molecule has 0 saturated heterocycles. The summed E-state index contributed by atoms with van der Waals surface area (Å²) >= 11 is 0. The molecule has 2 N–H and O–H groups in total. The Labute approximate surface area is 227 Å². The molecule has 208 valence electrons. The van der Waals surface area contributed by atoms with Crippen molar-refractivity contribution in [1.29, 1.82) is 0 Å². The van der Waals surface area contributed by atoms with Gasteiger partial charge in [-0.15, -0.1) is 0 Å². The molecule has 0 saturated carbocycles. The second-order valence-corrected chi connectivity index (χ2v) is 9.20. The molecule has 38 heavy (non-hydrogen) atoms. The van der Waals surface area contributed by atoms with Crippen LogP contribution in [0.25, 0.3) is 0 Å². The predicted molar refractivity (Wildman–Crippen MR) is 152 cm³/mol. The number of hydrogen-bond acceptors (Lipinski definition) is 6. The first-order valence-corrected chi connectivity index (χ1v) is 13.4. The minimum atomic E-state index is -0.139. The van der Waals surface area contributed by atoms with E-state index in [0.29, 0.717) is 32.7 Å². The number of aryl methyl sites for hydroxylation is 1. The van der Waals surface area contributed by atoms with Gasteiger partial charge in [-0.3, -0.25) is 19.4 Å². The fourth-order valence-corrected chi connectivity index (χ4v) is 4.25. The summed E-state index contributed by atoms with van der Waals surface area (Å²) in [4.78, 5) is 40.5. The zero-order chi connectivity index (χ0) is 28.1. The summed E-state index contributed by atoms with van der Waals surface area (Å²) in [5.41, 5.74) is 5.25. The predicted octanol–water partition coefficient (Wildman–Crippen LogP) is 2.53. The summed E-state index contributed by atoms with van der Waals surface area (Å²) in [5, 5.41) is 9.79. The number of nitrogens with one attached hydrogen (secondary N) is 2. The lowest BCUT2D eigenvalue weighted by molar-refractivity contribution is -0.145. The van der Waals surface area contributed by atoms with E-state index in [-0.39, 0.29) is 24.9 Å². The van der Waals surface area contributed by atoms with Crippen LogP contribution in [0.15, 0.2) is 42.5 Å². The van der Waals surface area contributed by atoms with Gasteiger partial charge in [-0.1, -0.05) is 51.1 Å². The molecule has 0 aliphatic carbocycles. The van der Waals surface area contributed by atoms with Gasteiger partial charge in [0, 0.05) is 52.5 Å². The summed E-state index contributed by atoms with van der Waals surface area (Å²) in [5.74, 6) is -0.231. The van der Waals surface area contributed by atoms with E-state index >= 15 is 0 Å². The Morgan fingerprint density at radius 3 is 2.24 bits per heavy atom. The van der Waals surface area contributed by atoms with E-state index in [1.54, 1.807) is 24.0 Å². The highest BCUT2D eigenvalue weighted by Gasteiger charge is 2.26. The molecular formula is C29H44N6O3. The van der Waals surface area contributed by atoms with Crippen molar-refractivity contribution in [1.82, 2.24) is 25.6 Å². The van der Waals surface area contributed by atoms with Crippen molar-refractivity contribution in [2.24, 2.45) is 0 Å². The number of anilines is 1. The maximum atomic E-state index is 13.3. The Kier molecular flexibility index (Phi) is 12.8. The van der Waals surface area contributed by atoms with Crippen molar-refractivity contribution in [2.45, 2.75) is 47.3 Å². The van der Waals surface area contributed by atoms with E-state index in [0.717, 1.165) is 29.8 Å². The quantitative estimate of drug-likeness (QED) is 0.309. The van der Waals surface area contributed by atoms with Gasteiger partial charge in [-0.05, 0) is 47.9 Å². The Bertz CT molecular complexity index is 1040. The molecule has 1 aliphatic heterocycles. The average molecular weight is 525 g/mol. The summed E-state index contributed by atoms with van der Waals surface area (Å²) in [6, 6.07) is 14.0. The van der Waals surface area contributed by atoms with Crippen LogP contribution in [0.4, 0.5) is 5.69 Å². The molecule has 1 aliphatic rings. The van der Waals surface area contributed by atoms with Gasteiger partial charge < -0.3 is 20.4 Å². The number of benzene rings is 2. The van der Waals surface area contributed by atoms with Gasteiger partial charge in [0.25, 0.3) is 5.91 Å². The lowest BCUT2D eigenvalue weighted by Crippen LogP contribution is -2.48. The molecule has 0 unspecified atom stereocenters. The van der Waals surface area contributed by atoms with Gasteiger partial charge in [0.05, 0.1) is 13.1 Å². The summed E-state index contributed by atoms with van der Waals surface area (Å²) in [6.45, 7) is 12.0. The molecule has 0 spiro atoms. The second-order valence-electron chi connectivity index (χ2n) is 9.20. The number of amides is 3. The van der Waals surface area contributed by atoms with Gasteiger partial charge >= 0.3 is 0 Å². The van der Waals surface area contributed by atoms with E-state index < -0.39 is 0 Å². The third kappa shape index (κ3) is 8.85. The Morgan fingerprint density at radius 1 is 1.00 bits per heavy atom. The van der Waals surface area contributed by atoms with Crippen LogP contribution in [0.5, 0.6) is 0 Å². The van der Waals surface area contributed by atoms with Gasteiger partial charge in [0.1, 0.15) is 0 Å². The third-order valence-electron chi connectivity index (χ3n) is 6.43. The highest BCUT2D eigenvalue weighted by Crippen LogP contribution is 2.24. The van der Waals surface area contributed by atoms with Crippen molar-refractivity contribution in [2.75, 3.05) is 51.7 Å². The minimum Gasteiger partial charge on any atom is -0.353 e. The van der Waals surface area contributed by atoms with E-state index in [1.165, 1.54) is 11.1 Å². The van der Waals surface area contributed by atoms with Gasteiger partial charge in [0.2, 0.25) is 12.3 Å². The van der Waals surface area contributed by atoms with Crippen LogP contribution in [0, 0.1) is 6.92 Å². The Hall–Kier alpha value is -3.43. The van der Waals surface area contributed by atoms with Crippen LogP contribution in [0.2, 0.25) is 0 Å². The number of rotatable bonds is 13. The van der Waals surface area contributed by atoms with E-state index in [9.17, 15) is 14.4 Å². The molecule has 2 aromatic carbocycles. The number of carbonyl (C=O) groups is 3. The van der Waals surface area contributed by atoms with Gasteiger partial charge in [-0.2, -0.15) is 0 Å². The monoisotopic (exact) mass is 524 g/mol. The number of likely N-dealkylation sites (N-methyl/N-ethyl adjacent to an activating group) is 2. The highest BCUT2D eigenvalue weighted by atomic mass is 16.2. The molecule has 0 radical (unpaired) electrons. The van der Waals surface area contributed by atoms with E-state index in [2.05, 4.69) is 22.8 Å². The van der Waals surface area contributed by atoms with E-state index in [4.69, 9.17) is 0 Å². The lowest BCUT2D eigenvalue weighted by Gasteiger charge is -2.31. The first-order valence-electron chi connectivity index (χ1n) is 13.4. The molecule has 3 amide bonds. The lowest BCUT2D eigenvalue weighted by atomic mass is 10.1. The number of hydrazine groups is 1. The standard InChI is InChI=1S/C27H38N6O3.C2H6/c1-5-28-12-13-29-26(35)18-32(25-11-10-22(21(2)14-25)15-30(3)20-34)19-27(36)31(4)33-16-23-8-6-7-9-24(23)17-33;1-2/h6-11,14,20,28H,5,12-13,15-19H2,1-4H3,(H,29,35);1-2H3. The maximum absolute atomic E-state index is 13.3. The van der Waals surface area contributed by atoms with Gasteiger partial charge in [0.15, 0.2) is 0 Å². The molecule has 1 heterocycles. The zero-order valence-corrected chi connectivity index (χ0v) is 23.8. The van der Waals surface area contributed by atoms with Crippen molar-refractivity contribution >= 4 is 23.9 Å². The van der Waals surface area contributed by atoms with Crippen molar-refractivity contribution in [3.05, 3.63) is 64.7 Å².